The van der Waals surface area contributed by atoms with Crippen molar-refractivity contribution in [2.24, 2.45) is 5.92 Å². The van der Waals surface area contributed by atoms with Gasteiger partial charge in [0.1, 0.15) is 23.9 Å². The number of rotatable bonds is 5. The van der Waals surface area contributed by atoms with Gasteiger partial charge in [-0.25, -0.2) is 15.0 Å². The monoisotopic (exact) mass is 417 g/mol. The minimum atomic E-state index is -0.821. The topological polar surface area (TPSA) is 110 Å². The van der Waals surface area contributed by atoms with Crippen molar-refractivity contribution in [2.45, 2.75) is 50.9 Å². The first-order valence-corrected chi connectivity index (χ1v) is 10.9. The average molecular weight is 418 g/mol. The summed E-state index contributed by atoms with van der Waals surface area (Å²) in [6.07, 6.45) is 5.08. The number of hydrogen-bond donors (Lipinski definition) is 3. The fourth-order valence-corrected chi connectivity index (χ4v) is 4.92. The van der Waals surface area contributed by atoms with Crippen LogP contribution in [0, 0.1) is 5.92 Å². The Hall–Kier alpha value is -3.03. The second-order valence-electron chi connectivity index (χ2n) is 8.48. The smallest absolute Gasteiger partial charge is 0.143 e. The second-order valence-corrected chi connectivity index (χ2v) is 8.48. The Labute approximate surface area is 180 Å². The lowest BCUT2D eigenvalue weighted by molar-refractivity contribution is 0.00545. The molecule has 0 bridgehead atoms. The van der Waals surface area contributed by atoms with Gasteiger partial charge in [0.25, 0.3) is 0 Å². The molecule has 1 aliphatic carbocycles. The lowest BCUT2D eigenvalue weighted by Crippen LogP contribution is -2.29. The van der Waals surface area contributed by atoms with Gasteiger partial charge in [-0.1, -0.05) is 19.1 Å². The van der Waals surface area contributed by atoms with Gasteiger partial charge >= 0.3 is 0 Å². The number of aliphatic hydroxyl groups excluding tert-OH is 2. The number of benzene rings is 1. The lowest BCUT2D eigenvalue weighted by Gasteiger charge is -2.19. The summed E-state index contributed by atoms with van der Waals surface area (Å²) < 4.78 is 2.01. The van der Waals surface area contributed by atoms with Crippen LogP contribution in [0.25, 0.3) is 21.9 Å². The number of hydrogen-bond acceptors (Lipinski definition) is 6. The van der Waals surface area contributed by atoms with Gasteiger partial charge < -0.3 is 20.5 Å². The van der Waals surface area contributed by atoms with Crippen LogP contribution in [0.3, 0.4) is 0 Å². The summed E-state index contributed by atoms with van der Waals surface area (Å²) in [4.78, 5) is 13.2. The molecular formula is C24H27N5O2. The minimum Gasteiger partial charge on any atom is -0.390 e. The van der Waals surface area contributed by atoms with Crippen LogP contribution < -0.4 is 5.73 Å². The summed E-state index contributed by atoms with van der Waals surface area (Å²) in [5, 5.41) is 23.6. The van der Waals surface area contributed by atoms with E-state index in [1.165, 1.54) is 0 Å². The number of aliphatic hydroxyl groups is 2. The van der Waals surface area contributed by atoms with E-state index in [-0.39, 0.29) is 12.0 Å². The molecule has 160 valence electrons. The Balaban J connectivity index is 1.34. The molecule has 1 aliphatic rings. The van der Waals surface area contributed by atoms with Crippen LogP contribution >= 0.6 is 0 Å². The van der Waals surface area contributed by atoms with Crippen molar-refractivity contribution < 1.29 is 10.2 Å². The summed E-state index contributed by atoms with van der Waals surface area (Å²) in [6.45, 7) is 2.07. The third kappa shape index (κ3) is 3.54. The van der Waals surface area contributed by atoms with Gasteiger partial charge in [-0.3, -0.25) is 0 Å². The quantitative estimate of drug-likeness (QED) is 0.460. The van der Waals surface area contributed by atoms with E-state index in [0.717, 1.165) is 52.5 Å². The van der Waals surface area contributed by atoms with E-state index >= 15 is 0 Å². The third-order valence-corrected chi connectivity index (χ3v) is 6.64. The van der Waals surface area contributed by atoms with Crippen molar-refractivity contribution in [3.05, 3.63) is 60.2 Å². The summed E-state index contributed by atoms with van der Waals surface area (Å²) in [6, 6.07) is 11.8. The number of aryl methyl sites for hydroxylation is 2. The predicted octanol–water partition coefficient (Wildman–Crippen LogP) is 3.04. The maximum absolute atomic E-state index is 10.8. The Bertz CT molecular complexity index is 1240. The molecule has 1 fully saturated rings. The second kappa shape index (κ2) is 7.90. The van der Waals surface area contributed by atoms with Gasteiger partial charge in [-0.15, -0.1) is 0 Å². The first kappa shape index (κ1) is 19.9. The third-order valence-electron chi connectivity index (χ3n) is 6.64. The molecule has 7 nitrogen and oxygen atoms in total. The van der Waals surface area contributed by atoms with Gasteiger partial charge in [0.05, 0.1) is 23.4 Å². The number of pyridine rings is 1. The van der Waals surface area contributed by atoms with E-state index in [9.17, 15) is 10.2 Å². The highest BCUT2D eigenvalue weighted by atomic mass is 16.3. The molecule has 0 radical (unpaired) electrons. The molecule has 0 aliphatic heterocycles. The van der Waals surface area contributed by atoms with E-state index in [1.54, 1.807) is 12.4 Å². The van der Waals surface area contributed by atoms with Crippen LogP contribution in [0.1, 0.15) is 37.1 Å². The van der Waals surface area contributed by atoms with Crippen molar-refractivity contribution in [3.63, 3.8) is 0 Å². The van der Waals surface area contributed by atoms with Crippen LogP contribution in [0.5, 0.6) is 0 Å². The van der Waals surface area contributed by atoms with E-state index in [2.05, 4.69) is 40.1 Å². The SMILES string of the molecule is CCc1ncnc2c1ccn2[C@@H]1C[C@H](CCc2ccc3ccc(N)nc3c2)[C@@H](O)[C@H]1O. The lowest BCUT2D eigenvalue weighted by atomic mass is 9.95. The summed E-state index contributed by atoms with van der Waals surface area (Å²) in [5.41, 5.74) is 9.67. The Morgan fingerprint density at radius 1 is 1.10 bits per heavy atom. The number of nitrogens with zero attached hydrogens (tertiary/aromatic N) is 4. The number of nitrogens with two attached hydrogens (primary N) is 1. The molecule has 4 N–H and O–H groups in total. The molecule has 7 heteroatoms. The molecule has 0 saturated heterocycles. The molecule has 1 aromatic carbocycles. The van der Waals surface area contributed by atoms with Gasteiger partial charge in [0, 0.05) is 17.0 Å². The normalized spacial score (nSPS) is 23.7. The van der Waals surface area contributed by atoms with Crippen LogP contribution in [0.4, 0.5) is 5.82 Å². The van der Waals surface area contributed by atoms with Crippen LogP contribution in [0.15, 0.2) is 48.9 Å². The molecular weight excluding hydrogens is 390 g/mol. The van der Waals surface area contributed by atoms with E-state index < -0.39 is 12.2 Å². The fraction of sp³-hybridized carbons (Fsp3) is 0.375. The molecule has 0 amide bonds. The molecule has 5 rings (SSSR count). The van der Waals surface area contributed by atoms with Gasteiger partial charge in [0.2, 0.25) is 0 Å². The first-order valence-electron chi connectivity index (χ1n) is 10.9. The van der Waals surface area contributed by atoms with Crippen LogP contribution in [0.2, 0.25) is 0 Å². The predicted molar refractivity (Wildman–Crippen MR) is 121 cm³/mol. The molecule has 0 unspecified atom stereocenters. The van der Waals surface area contributed by atoms with E-state index in [1.807, 2.05) is 22.9 Å². The first-order chi connectivity index (χ1) is 15.0. The van der Waals surface area contributed by atoms with Crippen LogP contribution in [-0.4, -0.2) is 41.9 Å². The van der Waals surface area contributed by atoms with Crippen molar-refractivity contribution in [2.75, 3.05) is 5.73 Å². The van der Waals surface area contributed by atoms with Gasteiger partial charge in [-0.05, 0) is 61.4 Å². The summed E-state index contributed by atoms with van der Waals surface area (Å²) in [7, 11) is 0. The number of anilines is 1. The molecule has 3 heterocycles. The van der Waals surface area contributed by atoms with Crippen molar-refractivity contribution >= 4 is 27.8 Å². The van der Waals surface area contributed by atoms with Crippen molar-refractivity contribution in [1.82, 2.24) is 19.5 Å². The van der Waals surface area contributed by atoms with Gasteiger partial charge in [0.15, 0.2) is 0 Å². The molecule has 4 atom stereocenters. The highest BCUT2D eigenvalue weighted by Gasteiger charge is 2.42. The number of fused-ring (bicyclic) bond motifs is 2. The fourth-order valence-electron chi connectivity index (χ4n) is 4.92. The van der Waals surface area contributed by atoms with Crippen LogP contribution in [-0.2, 0) is 12.8 Å². The molecule has 0 spiro atoms. The Kier molecular flexibility index (Phi) is 5.08. The van der Waals surface area contributed by atoms with Crippen molar-refractivity contribution in [3.8, 4) is 0 Å². The molecule has 31 heavy (non-hydrogen) atoms. The maximum Gasteiger partial charge on any atom is 0.143 e. The van der Waals surface area contributed by atoms with Crippen molar-refractivity contribution in [1.29, 1.82) is 0 Å². The molecule has 3 aromatic heterocycles. The Morgan fingerprint density at radius 2 is 1.94 bits per heavy atom. The molecule has 1 saturated carbocycles. The summed E-state index contributed by atoms with van der Waals surface area (Å²) in [5.74, 6) is 0.519. The minimum absolute atomic E-state index is 0.00873. The van der Waals surface area contributed by atoms with Gasteiger partial charge in [-0.2, -0.15) is 0 Å². The van der Waals surface area contributed by atoms with E-state index in [0.29, 0.717) is 12.2 Å². The average Bonchev–Trinajstić information content (AvgIpc) is 3.33. The number of aromatic nitrogens is 4. The molecule has 4 aromatic rings. The Morgan fingerprint density at radius 3 is 2.77 bits per heavy atom. The standard InChI is InChI=1S/C24H27N5O2/c1-2-18-17-9-10-29(24(17)27-13-26-18)20-12-16(22(30)23(20)31)6-4-14-3-5-15-7-8-21(25)28-19(15)11-14/h3,5,7-11,13,16,20,22-23,30-31H,2,4,6,12H2,1H3,(H2,25,28)/t16-,20+,22+,23-/m0/s1. The zero-order valence-electron chi connectivity index (χ0n) is 17.5. The van der Waals surface area contributed by atoms with E-state index in [4.69, 9.17) is 5.73 Å². The highest BCUT2D eigenvalue weighted by Crippen LogP contribution is 2.39. The highest BCUT2D eigenvalue weighted by molar-refractivity contribution is 5.80. The maximum atomic E-state index is 10.8. The largest absolute Gasteiger partial charge is 0.390 e. The zero-order valence-corrected chi connectivity index (χ0v) is 17.5. The zero-order chi connectivity index (χ0) is 21.5. The number of nitrogen functional groups attached to an aromatic ring is 1. The summed E-state index contributed by atoms with van der Waals surface area (Å²) >= 11 is 0.